The summed E-state index contributed by atoms with van der Waals surface area (Å²) in [7, 11) is 3.88. The molecule has 0 aliphatic heterocycles. The lowest BCUT2D eigenvalue weighted by atomic mass is 10.1. The van der Waals surface area contributed by atoms with Gasteiger partial charge in [-0.25, -0.2) is 0 Å². The van der Waals surface area contributed by atoms with E-state index in [4.69, 9.17) is 9.47 Å². The van der Waals surface area contributed by atoms with Crippen LogP contribution in [-0.2, 0) is 19.1 Å². The van der Waals surface area contributed by atoms with Gasteiger partial charge in [-0.1, -0.05) is 148 Å². The monoisotopic (exact) mass is 664 g/mol. The third kappa shape index (κ3) is 38.7. The number of unbranched alkanes of at least 4 members (excludes halogenated alkanes) is 22. The summed E-state index contributed by atoms with van der Waals surface area (Å²) >= 11 is 0. The molecular formula is C42H81NO4. The molecule has 0 aromatic carbocycles. The molecule has 0 amide bonds. The number of esters is 2. The molecule has 5 nitrogen and oxygen atoms in total. The van der Waals surface area contributed by atoms with Crippen molar-refractivity contribution in [1.82, 2.24) is 4.90 Å². The fraction of sp³-hybridized carbons (Fsp3) is 0.857. The molecule has 0 aromatic heterocycles. The van der Waals surface area contributed by atoms with Crippen molar-refractivity contribution in [2.24, 2.45) is 0 Å². The molecule has 278 valence electrons. The highest BCUT2D eigenvalue weighted by Gasteiger charge is 2.18. The van der Waals surface area contributed by atoms with Crippen molar-refractivity contribution in [1.29, 1.82) is 0 Å². The fourth-order valence-corrected chi connectivity index (χ4v) is 5.71. The van der Waals surface area contributed by atoms with Crippen LogP contribution in [0.25, 0.3) is 0 Å². The Balaban J connectivity index is 0. The average molecular weight is 664 g/mol. The van der Waals surface area contributed by atoms with Crippen LogP contribution >= 0.6 is 0 Å². The van der Waals surface area contributed by atoms with Crippen molar-refractivity contribution in [3.8, 4) is 0 Å². The second kappa shape index (κ2) is 38.8. The fourth-order valence-electron chi connectivity index (χ4n) is 5.71. The number of carbonyl (C=O) groups is 2. The topological polar surface area (TPSA) is 55.8 Å². The summed E-state index contributed by atoms with van der Waals surface area (Å²) in [5, 5.41) is 0. The molecule has 0 N–H and O–H groups in total. The lowest BCUT2D eigenvalue weighted by Crippen LogP contribution is -2.34. The minimum atomic E-state index is -0.413. The molecule has 0 spiro atoms. The smallest absolute Gasteiger partial charge is 0.306 e. The number of nitrogens with zero attached hydrogens (tertiary/aromatic N) is 1. The Hall–Kier alpha value is -1.62. The van der Waals surface area contributed by atoms with E-state index in [0.29, 0.717) is 19.4 Å². The summed E-state index contributed by atoms with van der Waals surface area (Å²) in [4.78, 5) is 26.7. The second-order valence-corrected chi connectivity index (χ2v) is 13.7. The van der Waals surface area contributed by atoms with E-state index in [2.05, 4.69) is 38.2 Å². The Kier molecular flexibility index (Phi) is 39.2. The predicted octanol–water partition coefficient (Wildman–Crippen LogP) is 12.7. The van der Waals surface area contributed by atoms with Gasteiger partial charge in [-0.3, -0.25) is 9.59 Å². The van der Waals surface area contributed by atoms with Crippen LogP contribution in [0.4, 0.5) is 0 Å². The van der Waals surface area contributed by atoms with Crippen LogP contribution in [0.2, 0.25) is 0 Å². The number of hydrogen-bond donors (Lipinski definition) is 0. The maximum atomic E-state index is 12.4. The summed E-state index contributed by atoms with van der Waals surface area (Å²) in [5.74, 6) is -0.368. The standard InChI is InChI=1S/C41H77NO4.CH4/c1-5-7-9-11-13-15-17-19-21-23-25-27-29-31-33-35-40(43)45-38-39(37-42(3)4)46-41(44)36-34-32-30-28-26-24-22-20-18-16-14-12-10-8-6-2;/h19-22,39H,5-18,23-38H2,1-4H3;1H4/b21-19-,22-20-;. The molecule has 0 saturated carbocycles. The Labute approximate surface area is 294 Å². The normalized spacial score (nSPS) is 12.2. The first kappa shape index (κ1) is 47.5. The minimum absolute atomic E-state index is 0. The van der Waals surface area contributed by atoms with Crippen LogP contribution in [0.15, 0.2) is 24.3 Å². The molecule has 0 aromatic rings. The predicted molar refractivity (Wildman–Crippen MR) is 205 cm³/mol. The lowest BCUT2D eigenvalue weighted by Gasteiger charge is -2.21. The van der Waals surface area contributed by atoms with Crippen molar-refractivity contribution in [3.05, 3.63) is 24.3 Å². The van der Waals surface area contributed by atoms with E-state index >= 15 is 0 Å². The van der Waals surface area contributed by atoms with Gasteiger partial charge in [-0.2, -0.15) is 0 Å². The molecule has 0 fully saturated rings. The van der Waals surface area contributed by atoms with E-state index in [1.165, 1.54) is 128 Å². The van der Waals surface area contributed by atoms with Gasteiger partial charge in [0.05, 0.1) is 0 Å². The summed E-state index contributed by atoms with van der Waals surface area (Å²) in [6, 6.07) is 0. The summed E-state index contributed by atoms with van der Waals surface area (Å²) in [5.41, 5.74) is 0. The Morgan fingerprint density at radius 3 is 1.23 bits per heavy atom. The zero-order valence-corrected chi connectivity index (χ0v) is 31.2. The maximum Gasteiger partial charge on any atom is 0.306 e. The molecule has 0 bridgehead atoms. The van der Waals surface area contributed by atoms with Crippen LogP contribution < -0.4 is 0 Å². The van der Waals surface area contributed by atoms with Crippen molar-refractivity contribution in [2.45, 2.75) is 207 Å². The zero-order valence-electron chi connectivity index (χ0n) is 31.2. The van der Waals surface area contributed by atoms with Crippen LogP contribution in [0.1, 0.15) is 201 Å². The Bertz CT molecular complexity index is 717. The van der Waals surface area contributed by atoms with Crippen molar-refractivity contribution < 1.29 is 19.1 Å². The average Bonchev–Trinajstić information content (AvgIpc) is 3.03. The molecule has 0 aliphatic rings. The van der Waals surface area contributed by atoms with Gasteiger partial charge in [0.2, 0.25) is 0 Å². The van der Waals surface area contributed by atoms with E-state index in [0.717, 1.165) is 38.5 Å². The quantitative estimate of drug-likeness (QED) is 0.0384. The SMILES string of the molecule is C.CCCCCCCC/C=C\CCCCCCCC(=O)OCC(CN(C)C)OC(=O)CCCCCCC/C=C\CCCCCCCC. The van der Waals surface area contributed by atoms with Gasteiger partial charge in [0.15, 0.2) is 0 Å². The van der Waals surface area contributed by atoms with Crippen LogP contribution in [0.3, 0.4) is 0 Å². The van der Waals surface area contributed by atoms with Crippen molar-refractivity contribution >= 4 is 11.9 Å². The molecule has 5 heteroatoms. The van der Waals surface area contributed by atoms with E-state index < -0.39 is 6.10 Å². The van der Waals surface area contributed by atoms with E-state index in [9.17, 15) is 9.59 Å². The first-order chi connectivity index (χ1) is 22.5. The Morgan fingerprint density at radius 2 is 0.851 bits per heavy atom. The van der Waals surface area contributed by atoms with Gasteiger partial charge in [0.1, 0.15) is 12.7 Å². The summed E-state index contributed by atoms with van der Waals surface area (Å²) in [6.45, 7) is 5.23. The van der Waals surface area contributed by atoms with Crippen LogP contribution in [-0.4, -0.2) is 50.2 Å². The largest absolute Gasteiger partial charge is 0.462 e. The molecule has 0 heterocycles. The van der Waals surface area contributed by atoms with Gasteiger partial charge in [-0.15, -0.1) is 0 Å². The molecule has 1 atom stereocenters. The first-order valence-electron chi connectivity index (χ1n) is 19.8. The molecule has 1 unspecified atom stereocenters. The maximum absolute atomic E-state index is 12.4. The van der Waals surface area contributed by atoms with Crippen LogP contribution in [0, 0.1) is 0 Å². The number of carbonyl (C=O) groups excluding carboxylic acids is 2. The number of ether oxygens (including phenoxy) is 2. The highest BCUT2D eigenvalue weighted by Crippen LogP contribution is 2.13. The molecular weight excluding hydrogens is 582 g/mol. The zero-order chi connectivity index (χ0) is 33.8. The van der Waals surface area contributed by atoms with Crippen molar-refractivity contribution in [3.63, 3.8) is 0 Å². The van der Waals surface area contributed by atoms with E-state index in [-0.39, 0.29) is 26.0 Å². The number of rotatable bonds is 35. The lowest BCUT2D eigenvalue weighted by molar-refractivity contribution is -0.160. The molecule has 0 aliphatic carbocycles. The summed E-state index contributed by atoms with van der Waals surface area (Å²) < 4.78 is 11.2. The van der Waals surface area contributed by atoms with Gasteiger partial charge in [0.25, 0.3) is 0 Å². The number of allylic oxidation sites excluding steroid dienone is 4. The highest BCUT2D eigenvalue weighted by molar-refractivity contribution is 5.70. The molecule has 0 saturated heterocycles. The first-order valence-corrected chi connectivity index (χ1v) is 19.8. The van der Waals surface area contributed by atoms with E-state index in [1.54, 1.807) is 0 Å². The molecule has 47 heavy (non-hydrogen) atoms. The van der Waals surface area contributed by atoms with Crippen LogP contribution in [0.5, 0.6) is 0 Å². The minimum Gasteiger partial charge on any atom is -0.462 e. The van der Waals surface area contributed by atoms with Gasteiger partial charge >= 0.3 is 11.9 Å². The van der Waals surface area contributed by atoms with Gasteiger partial charge in [-0.05, 0) is 78.3 Å². The molecule has 0 rings (SSSR count). The number of hydrogen-bond acceptors (Lipinski definition) is 5. The van der Waals surface area contributed by atoms with Gasteiger partial charge in [0, 0.05) is 19.4 Å². The third-order valence-electron chi connectivity index (χ3n) is 8.58. The van der Waals surface area contributed by atoms with E-state index in [1.807, 2.05) is 19.0 Å². The molecule has 0 radical (unpaired) electrons. The Morgan fingerprint density at radius 1 is 0.511 bits per heavy atom. The van der Waals surface area contributed by atoms with Gasteiger partial charge < -0.3 is 14.4 Å². The highest BCUT2D eigenvalue weighted by atomic mass is 16.6. The summed E-state index contributed by atoms with van der Waals surface area (Å²) in [6.07, 6.45) is 42.0. The third-order valence-corrected chi connectivity index (χ3v) is 8.58. The number of likely N-dealkylation sites (N-methyl/N-ethyl adjacent to an activating group) is 1. The van der Waals surface area contributed by atoms with Crippen molar-refractivity contribution in [2.75, 3.05) is 27.2 Å². The second-order valence-electron chi connectivity index (χ2n) is 13.7.